The van der Waals surface area contributed by atoms with Crippen molar-refractivity contribution in [3.63, 3.8) is 0 Å². The van der Waals surface area contributed by atoms with Crippen LogP contribution in [0.15, 0.2) is 17.2 Å². The normalized spacial score (nSPS) is 12.1. The Morgan fingerprint density at radius 3 is 2.93 bits per heavy atom. The van der Waals surface area contributed by atoms with Crippen molar-refractivity contribution in [2.24, 2.45) is 0 Å². The molecule has 1 heterocycles. The molecule has 6 heteroatoms. The van der Waals surface area contributed by atoms with Gasteiger partial charge in [-0.15, -0.1) is 0 Å². The van der Waals surface area contributed by atoms with E-state index in [1.807, 2.05) is 6.92 Å². The molecule has 0 saturated carbocycles. The summed E-state index contributed by atoms with van der Waals surface area (Å²) in [5, 5.41) is 11.2. The van der Waals surface area contributed by atoms with Gasteiger partial charge in [0.2, 0.25) is 0 Å². The van der Waals surface area contributed by atoms with Gasteiger partial charge in [0.05, 0.1) is 0 Å². The number of carbonyl (C=O) groups is 1. The Morgan fingerprint density at radius 1 is 1.73 bits per heavy atom. The lowest BCUT2D eigenvalue weighted by atomic mass is 10.3. The van der Waals surface area contributed by atoms with E-state index in [2.05, 4.69) is 10.3 Å². The Bertz CT molecular complexity index is 413. The molecular formula is C9H13N3O3. The summed E-state index contributed by atoms with van der Waals surface area (Å²) < 4.78 is 1.45. The lowest BCUT2D eigenvalue weighted by Crippen LogP contribution is -2.31. The van der Waals surface area contributed by atoms with Crippen LogP contribution in [0.4, 0.5) is 5.82 Å². The smallest absolute Gasteiger partial charge is 0.325 e. The highest BCUT2D eigenvalue weighted by Gasteiger charge is 2.13. The molecule has 0 aliphatic heterocycles. The number of aromatic nitrogens is 2. The van der Waals surface area contributed by atoms with Crippen LogP contribution in [0.5, 0.6) is 0 Å². The van der Waals surface area contributed by atoms with Crippen LogP contribution in [-0.4, -0.2) is 26.7 Å². The summed E-state index contributed by atoms with van der Waals surface area (Å²) in [6, 6.07) is -0.835. The summed E-state index contributed by atoms with van der Waals surface area (Å²) in [7, 11) is 0. The Labute approximate surface area is 86.6 Å². The Balaban J connectivity index is 2.96. The quantitative estimate of drug-likeness (QED) is 0.740. The van der Waals surface area contributed by atoms with Crippen LogP contribution < -0.4 is 10.9 Å². The van der Waals surface area contributed by atoms with E-state index in [9.17, 15) is 9.59 Å². The van der Waals surface area contributed by atoms with E-state index < -0.39 is 12.0 Å². The van der Waals surface area contributed by atoms with Gasteiger partial charge in [0.15, 0.2) is 5.82 Å². The summed E-state index contributed by atoms with van der Waals surface area (Å²) in [6.07, 6.45) is 3.01. The van der Waals surface area contributed by atoms with Crippen molar-refractivity contribution in [1.82, 2.24) is 9.55 Å². The topological polar surface area (TPSA) is 84.2 Å². The standard InChI is InChI=1S/C9H13N3O3/c1-3-12-5-4-10-7(8(12)13)11-6(2)9(14)15/h4-6H,3H2,1-2H3,(H,10,11)(H,14,15). The molecule has 82 valence electrons. The van der Waals surface area contributed by atoms with Crippen LogP contribution >= 0.6 is 0 Å². The number of anilines is 1. The highest BCUT2D eigenvalue weighted by molar-refractivity contribution is 5.76. The van der Waals surface area contributed by atoms with Crippen molar-refractivity contribution in [3.05, 3.63) is 22.7 Å². The summed E-state index contributed by atoms with van der Waals surface area (Å²) >= 11 is 0. The summed E-state index contributed by atoms with van der Waals surface area (Å²) in [6.45, 7) is 3.80. The molecule has 0 aliphatic rings. The monoisotopic (exact) mass is 211 g/mol. The Kier molecular flexibility index (Phi) is 3.43. The molecule has 0 aromatic carbocycles. The molecule has 15 heavy (non-hydrogen) atoms. The number of hydrogen-bond acceptors (Lipinski definition) is 4. The zero-order valence-electron chi connectivity index (χ0n) is 8.60. The van der Waals surface area contributed by atoms with Gasteiger partial charge in [-0.1, -0.05) is 0 Å². The average molecular weight is 211 g/mol. The maximum atomic E-state index is 11.6. The molecule has 0 saturated heterocycles. The van der Waals surface area contributed by atoms with Gasteiger partial charge >= 0.3 is 5.97 Å². The number of nitrogens with zero attached hydrogens (tertiary/aromatic N) is 2. The van der Waals surface area contributed by atoms with Crippen LogP contribution in [0.3, 0.4) is 0 Å². The number of hydrogen-bond donors (Lipinski definition) is 2. The van der Waals surface area contributed by atoms with E-state index in [0.717, 1.165) is 0 Å². The van der Waals surface area contributed by atoms with Crippen LogP contribution in [0.25, 0.3) is 0 Å². The van der Waals surface area contributed by atoms with Crippen LogP contribution in [0.2, 0.25) is 0 Å². The zero-order valence-corrected chi connectivity index (χ0v) is 8.60. The van der Waals surface area contributed by atoms with Crippen molar-refractivity contribution in [1.29, 1.82) is 0 Å². The number of carboxylic acid groups (broad SMARTS) is 1. The van der Waals surface area contributed by atoms with Crippen molar-refractivity contribution >= 4 is 11.8 Å². The minimum Gasteiger partial charge on any atom is -0.480 e. The summed E-state index contributed by atoms with van der Waals surface area (Å²) in [5.41, 5.74) is -0.312. The first-order chi connectivity index (χ1) is 7.06. The molecule has 1 aromatic heterocycles. The lowest BCUT2D eigenvalue weighted by Gasteiger charge is -2.10. The molecular weight excluding hydrogens is 198 g/mol. The predicted octanol–water partition coefficient (Wildman–Crippen LogP) is 0.148. The second kappa shape index (κ2) is 4.59. The Hall–Kier alpha value is -1.85. The maximum absolute atomic E-state index is 11.6. The molecule has 0 bridgehead atoms. The summed E-state index contributed by atoms with van der Waals surface area (Å²) in [4.78, 5) is 26.0. The van der Waals surface area contributed by atoms with Crippen molar-refractivity contribution in [2.45, 2.75) is 26.4 Å². The third-order valence-corrected chi connectivity index (χ3v) is 1.98. The van der Waals surface area contributed by atoms with E-state index in [4.69, 9.17) is 5.11 Å². The third kappa shape index (κ3) is 2.55. The molecule has 0 amide bonds. The van der Waals surface area contributed by atoms with E-state index in [0.29, 0.717) is 6.54 Å². The number of aliphatic carboxylic acids is 1. The van der Waals surface area contributed by atoms with E-state index >= 15 is 0 Å². The van der Waals surface area contributed by atoms with E-state index in [1.165, 1.54) is 17.7 Å². The Morgan fingerprint density at radius 2 is 2.40 bits per heavy atom. The van der Waals surface area contributed by atoms with Crippen LogP contribution in [0.1, 0.15) is 13.8 Å². The van der Waals surface area contributed by atoms with E-state index in [1.54, 1.807) is 6.20 Å². The molecule has 1 rings (SSSR count). The first kappa shape index (κ1) is 11.2. The first-order valence-corrected chi connectivity index (χ1v) is 4.61. The molecule has 1 aromatic rings. The largest absolute Gasteiger partial charge is 0.480 e. The maximum Gasteiger partial charge on any atom is 0.325 e. The molecule has 1 unspecified atom stereocenters. The molecule has 2 N–H and O–H groups in total. The molecule has 0 radical (unpaired) electrons. The highest BCUT2D eigenvalue weighted by Crippen LogP contribution is 1.96. The molecule has 6 nitrogen and oxygen atoms in total. The fraction of sp³-hybridized carbons (Fsp3) is 0.444. The number of rotatable bonds is 4. The van der Waals surface area contributed by atoms with Crippen molar-refractivity contribution in [3.8, 4) is 0 Å². The molecule has 0 aliphatic carbocycles. The van der Waals surface area contributed by atoms with Gasteiger partial charge in [-0.3, -0.25) is 9.59 Å². The fourth-order valence-electron chi connectivity index (χ4n) is 1.06. The number of aryl methyl sites for hydroxylation is 1. The molecule has 0 spiro atoms. The third-order valence-electron chi connectivity index (χ3n) is 1.98. The predicted molar refractivity (Wildman–Crippen MR) is 54.9 cm³/mol. The lowest BCUT2D eigenvalue weighted by molar-refractivity contribution is -0.137. The molecule has 0 fully saturated rings. The number of carboxylic acids is 1. The van der Waals surface area contributed by atoms with Crippen LogP contribution in [-0.2, 0) is 11.3 Å². The zero-order chi connectivity index (χ0) is 11.4. The molecule has 1 atom stereocenters. The second-order valence-electron chi connectivity index (χ2n) is 3.07. The van der Waals surface area contributed by atoms with Gasteiger partial charge in [0, 0.05) is 18.9 Å². The summed E-state index contributed by atoms with van der Waals surface area (Å²) in [5.74, 6) is -0.961. The van der Waals surface area contributed by atoms with Gasteiger partial charge < -0.3 is 15.0 Å². The van der Waals surface area contributed by atoms with Gasteiger partial charge in [0.25, 0.3) is 5.56 Å². The average Bonchev–Trinajstić information content (AvgIpc) is 2.21. The van der Waals surface area contributed by atoms with Gasteiger partial charge in [-0.05, 0) is 13.8 Å². The van der Waals surface area contributed by atoms with Gasteiger partial charge in [0.1, 0.15) is 6.04 Å². The minimum absolute atomic E-state index is 0.0641. The second-order valence-corrected chi connectivity index (χ2v) is 3.07. The van der Waals surface area contributed by atoms with Crippen molar-refractivity contribution in [2.75, 3.05) is 5.32 Å². The highest BCUT2D eigenvalue weighted by atomic mass is 16.4. The van der Waals surface area contributed by atoms with Gasteiger partial charge in [-0.2, -0.15) is 0 Å². The fourth-order valence-corrected chi connectivity index (χ4v) is 1.06. The first-order valence-electron chi connectivity index (χ1n) is 4.61. The van der Waals surface area contributed by atoms with Gasteiger partial charge in [-0.25, -0.2) is 4.98 Å². The van der Waals surface area contributed by atoms with Crippen molar-refractivity contribution < 1.29 is 9.90 Å². The van der Waals surface area contributed by atoms with Crippen LogP contribution in [0, 0.1) is 0 Å². The number of nitrogens with one attached hydrogen (secondary N) is 1. The minimum atomic E-state index is -1.02. The SMILES string of the molecule is CCn1ccnc(NC(C)C(=O)O)c1=O. The van der Waals surface area contributed by atoms with E-state index in [-0.39, 0.29) is 11.4 Å².